The zero-order valence-corrected chi connectivity index (χ0v) is 19.9. The van der Waals surface area contributed by atoms with Crippen molar-refractivity contribution in [1.82, 2.24) is 0 Å². The molecular formula is C24H32O4S2. The Morgan fingerprint density at radius 1 is 1.20 bits per heavy atom. The van der Waals surface area contributed by atoms with Gasteiger partial charge in [-0.15, -0.1) is 11.8 Å². The molecule has 0 radical (unpaired) electrons. The van der Waals surface area contributed by atoms with Crippen LogP contribution in [0.5, 0.6) is 5.75 Å². The summed E-state index contributed by atoms with van der Waals surface area (Å²) in [6, 6.07) is 13.2. The smallest absolute Gasteiger partial charge is 0.179 e. The monoisotopic (exact) mass is 448 g/mol. The van der Waals surface area contributed by atoms with E-state index in [1.54, 1.807) is 24.9 Å². The van der Waals surface area contributed by atoms with E-state index in [0.29, 0.717) is 29.1 Å². The van der Waals surface area contributed by atoms with E-state index in [1.165, 1.54) is 0 Å². The fraction of sp³-hybridized carbons (Fsp3) is 0.500. The molecule has 3 rings (SSSR count). The van der Waals surface area contributed by atoms with Crippen molar-refractivity contribution in [1.29, 1.82) is 0 Å². The Morgan fingerprint density at radius 3 is 2.60 bits per heavy atom. The van der Waals surface area contributed by atoms with Gasteiger partial charge in [0, 0.05) is 16.2 Å². The summed E-state index contributed by atoms with van der Waals surface area (Å²) in [7, 11) is -1.93. The molecule has 1 aliphatic heterocycles. The van der Waals surface area contributed by atoms with Gasteiger partial charge in [0.1, 0.15) is 5.75 Å². The first-order valence-electron chi connectivity index (χ1n) is 10.5. The normalized spacial score (nSPS) is 25.4. The van der Waals surface area contributed by atoms with Crippen LogP contribution in [0.1, 0.15) is 56.6 Å². The molecule has 0 bridgehead atoms. The van der Waals surface area contributed by atoms with Gasteiger partial charge < -0.3 is 9.84 Å². The third-order valence-corrected chi connectivity index (χ3v) is 9.22. The standard InChI is InChI=1S/C24H32O4S2/c1-5-7-13-24(6-2)16-30(26,27)21-12-11-19(29-4)15-20(21)22(23(24)25)17-9-8-10-18(14-17)28-3/h8-12,14-15,22-23,25H,5-7,13,16H2,1-4H3/t22-,23?,24+/m0/s1. The first-order chi connectivity index (χ1) is 14.3. The molecule has 0 spiro atoms. The lowest BCUT2D eigenvalue weighted by atomic mass is 9.69. The molecular weight excluding hydrogens is 416 g/mol. The molecule has 0 aliphatic carbocycles. The van der Waals surface area contributed by atoms with Crippen LogP contribution in [0.3, 0.4) is 0 Å². The van der Waals surface area contributed by atoms with Gasteiger partial charge in [0.25, 0.3) is 0 Å². The Bertz CT molecular complexity index is 986. The Hall–Kier alpha value is -1.50. The van der Waals surface area contributed by atoms with Gasteiger partial charge in [0.2, 0.25) is 0 Å². The maximum atomic E-state index is 13.5. The first-order valence-corrected chi connectivity index (χ1v) is 13.4. The van der Waals surface area contributed by atoms with Gasteiger partial charge in [0.15, 0.2) is 9.84 Å². The summed E-state index contributed by atoms with van der Waals surface area (Å²) < 4.78 is 32.5. The minimum absolute atomic E-state index is 0.0241. The fourth-order valence-corrected chi connectivity index (χ4v) is 7.38. The molecule has 30 heavy (non-hydrogen) atoms. The number of aliphatic hydroxyl groups is 1. The van der Waals surface area contributed by atoms with Gasteiger partial charge in [0.05, 0.1) is 23.9 Å². The van der Waals surface area contributed by atoms with Crippen molar-refractivity contribution in [3.05, 3.63) is 53.6 Å². The molecule has 0 saturated heterocycles. The first kappa shape index (κ1) is 23.2. The van der Waals surface area contributed by atoms with Gasteiger partial charge >= 0.3 is 0 Å². The van der Waals surface area contributed by atoms with E-state index in [0.717, 1.165) is 23.3 Å². The molecule has 2 aromatic rings. The third-order valence-electron chi connectivity index (χ3n) is 6.49. The van der Waals surface area contributed by atoms with Crippen LogP contribution >= 0.6 is 11.8 Å². The highest BCUT2D eigenvalue weighted by molar-refractivity contribution is 7.98. The lowest BCUT2D eigenvalue weighted by Crippen LogP contribution is -2.42. The zero-order chi connectivity index (χ0) is 21.9. The molecule has 2 aromatic carbocycles. The van der Waals surface area contributed by atoms with Gasteiger partial charge in [-0.3, -0.25) is 0 Å². The Balaban J connectivity index is 2.31. The number of thioether (sulfide) groups is 1. The molecule has 3 atom stereocenters. The van der Waals surface area contributed by atoms with E-state index >= 15 is 0 Å². The van der Waals surface area contributed by atoms with Crippen molar-refractivity contribution < 1.29 is 18.3 Å². The minimum atomic E-state index is -3.54. The lowest BCUT2D eigenvalue weighted by molar-refractivity contribution is 0.0173. The summed E-state index contributed by atoms with van der Waals surface area (Å²) in [4.78, 5) is 1.33. The second kappa shape index (κ2) is 9.33. The molecule has 1 N–H and O–H groups in total. The lowest BCUT2D eigenvalue weighted by Gasteiger charge is -2.39. The number of sulfone groups is 1. The van der Waals surface area contributed by atoms with Crippen LogP contribution in [0.2, 0.25) is 0 Å². The average molecular weight is 449 g/mol. The summed E-state index contributed by atoms with van der Waals surface area (Å²) in [6.45, 7) is 4.10. The SMILES string of the molecule is CCCC[C@]1(CC)CS(=O)(=O)c2ccc(SC)cc2[C@H](c2cccc(OC)c2)C1O. The zero-order valence-electron chi connectivity index (χ0n) is 18.2. The van der Waals surface area contributed by atoms with Crippen LogP contribution in [0.15, 0.2) is 52.3 Å². The van der Waals surface area contributed by atoms with Crippen LogP contribution in [0, 0.1) is 5.41 Å². The number of methoxy groups -OCH3 is 1. The van der Waals surface area contributed by atoms with Gasteiger partial charge in [-0.05, 0) is 60.6 Å². The van der Waals surface area contributed by atoms with Crippen molar-refractivity contribution in [2.75, 3.05) is 19.1 Å². The molecule has 0 saturated carbocycles. The highest BCUT2D eigenvalue weighted by atomic mass is 32.2. The van der Waals surface area contributed by atoms with Gasteiger partial charge in [-0.25, -0.2) is 8.42 Å². The van der Waals surface area contributed by atoms with Crippen molar-refractivity contribution >= 4 is 21.6 Å². The molecule has 0 fully saturated rings. The van der Waals surface area contributed by atoms with Crippen LogP contribution in [0.4, 0.5) is 0 Å². The van der Waals surface area contributed by atoms with Crippen LogP contribution < -0.4 is 4.74 Å². The van der Waals surface area contributed by atoms with E-state index < -0.39 is 27.3 Å². The van der Waals surface area contributed by atoms with E-state index in [4.69, 9.17) is 4.74 Å². The predicted octanol–water partition coefficient (Wildman–Crippen LogP) is 5.28. The summed E-state index contributed by atoms with van der Waals surface area (Å²) >= 11 is 1.57. The van der Waals surface area contributed by atoms with Crippen molar-refractivity contribution in [3.8, 4) is 5.75 Å². The highest BCUT2D eigenvalue weighted by Crippen LogP contribution is 2.49. The second-order valence-corrected chi connectivity index (χ2v) is 11.0. The fourth-order valence-electron chi connectivity index (χ4n) is 4.68. The summed E-state index contributed by atoms with van der Waals surface area (Å²) in [5.41, 5.74) is 0.878. The molecule has 0 aromatic heterocycles. The Labute approximate surface area is 185 Å². The molecule has 1 aliphatic rings. The summed E-state index contributed by atoms with van der Waals surface area (Å²) in [5.74, 6) is 0.241. The number of unbranched alkanes of at least 4 members (excludes halogenated alkanes) is 1. The van der Waals surface area contributed by atoms with Crippen LogP contribution in [-0.2, 0) is 9.84 Å². The molecule has 4 nitrogen and oxygen atoms in total. The average Bonchev–Trinajstić information content (AvgIpc) is 2.83. The quantitative estimate of drug-likeness (QED) is 0.584. The molecule has 164 valence electrons. The molecule has 1 heterocycles. The number of hydrogen-bond acceptors (Lipinski definition) is 5. The number of rotatable bonds is 7. The third kappa shape index (κ3) is 4.27. The largest absolute Gasteiger partial charge is 0.497 e. The van der Waals surface area contributed by atoms with E-state index in [-0.39, 0.29) is 5.75 Å². The van der Waals surface area contributed by atoms with Crippen molar-refractivity contribution in [3.63, 3.8) is 0 Å². The van der Waals surface area contributed by atoms with Crippen LogP contribution in [-0.4, -0.2) is 38.7 Å². The molecule has 6 heteroatoms. The molecule has 0 amide bonds. The molecule has 1 unspecified atom stereocenters. The topological polar surface area (TPSA) is 63.6 Å². The number of ether oxygens (including phenoxy) is 1. The number of benzene rings is 2. The second-order valence-electron chi connectivity index (χ2n) is 8.18. The maximum absolute atomic E-state index is 13.5. The summed E-state index contributed by atoms with van der Waals surface area (Å²) in [5, 5.41) is 11.8. The van der Waals surface area contributed by atoms with Crippen molar-refractivity contribution in [2.45, 2.75) is 61.3 Å². The van der Waals surface area contributed by atoms with E-state index in [9.17, 15) is 13.5 Å². The van der Waals surface area contributed by atoms with Gasteiger partial charge in [-0.1, -0.05) is 38.8 Å². The number of fused-ring (bicyclic) bond motifs is 1. The summed E-state index contributed by atoms with van der Waals surface area (Å²) in [6.07, 6.45) is 4.30. The maximum Gasteiger partial charge on any atom is 0.179 e. The number of hydrogen-bond donors (Lipinski definition) is 1. The van der Waals surface area contributed by atoms with Crippen LogP contribution in [0.25, 0.3) is 0 Å². The Morgan fingerprint density at radius 2 is 1.97 bits per heavy atom. The predicted molar refractivity (Wildman–Crippen MR) is 123 cm³/mol. The van der Waals surface area contributed by atoms with E-state index in [2.05, 4.69) is 6.92 Å². The van der Waals surface area contributed by atoms with Crippen molar-refractivity contribution in [2.24, 2.45) is 5.41 Å². The minimum Gasteiger partial charge on any atom is -0.497 e. The number of aliphatic hydroxyl groups excluding tert-OH is 1. The van der Waals surface area contributed by atoms with Gasteiger partial charge in [-0.2, -0.15) is 0 Å². The van der Waals surface area contributed by atoms with E-state index in [1.807, 2.05) is 49.6 Å². The highest BCUT2D eigenvalue weighted by Gasteiger charge is 2.48. The Kier molecular flexibility index (Phi) is 7.20.